The summed E-state index contributed by atoms with van der Waals surface area (Å²) >= 11 is 0. The maximum Gasteiger partial charge on any atom is 0.340 e. The molecule has 2 rings (SSSR count). The molecule has 0 fully saturated rings. The first-order valence-corrected chi connectivity index (χ1v) is 6.95. The zero-order valence-electron chi connectivity index (χ0n) is 12.1. The average Bonchev–Trinajstić information content (AvgIpc) is 2.53. The van der Waals surface area contributed by atoms with Crippen molar-refractivity contribution in [3.63, 3.8) is 0 Å². The van der Waals surface area contributed by atoms with Gasteiger partial charge in [0, 0.05) is 0 Å². The number of carbonyl (C=O) groups excluding carboxylic acids is 2. The molecule has 0 radical (unpaired) electrons. The summed E-state index contributed by atoms with van der Waals surface area (Å²) in [4.78, 5) is 24.1. The molecule has 2 aromatic carbocycles. The van der Waals surface area contributed by atoms with Gasteiger partial charge in [-0.25, -0.2) is 9.18 Å². The molecule has 0 saturated carbocycles. The van der Waals surface area contributed by atoms with E-state index < -0.39 is 17.7 Å². The molecule has 5 heteroatoms. The lowest BCUT2D eigenvalue weighted by molar-refractivity contribution is 0.0506. The van der Waals surface area contributed by atoms with Crippen LogP contribution in [0.15, 0.2) is 48.5 Å². The molecule has 22 heavy (non-hydrogen) atoms. The quantitative estimate of drug-likeness (QED) is 0.858. The van der Waals surface area contributed by atoms with Crippen molar-refractivity contribution in [3.05, 3.63) is 65.5 Å². The first kappa shape index (κ1) is 15.7. The van der Waals surface area contributed by atoms with Crippen LogP contribution in [0.25, 0.3) is 0 Å². The predicted molar refractivity (Wildman–Crippen MR) is 81.4 cm³/mol. The largest absolute Gasteiger partial charge is 0.462 e. The van der Waals surface area contributed by atoms with Crippen molar-refractivity contribution >= 4 is 17.6 Å². The van der Waals surface area contributed by atoms with E-state index in [9.17, 15) is 14.0 Å². The number of hydrogen-bond acceptors (Lipinski definition) is 3. The number of esters is 1. The minimum Gasteiger partial charge on any atom is -0.462 e. The van der Waals surface area contributed by atoms with E-state index in [2.05, 4.69) is 5.32 Å². The summed E-state index contributed by atoms with van der Waals surface area (Å²) in [5.74, 6) is -1.76. The number of ether oxygens (including phenoxy) is 1. The van der Waals surface area contributed by atoms with Gasteiger partial charge in [-0.1, -0.05) is 31.2 Å². The second-order valence-corrected chi connectivity index (χ2v) is 4.62. The van der Waals surface area contributed by atoms with Gasteiger partial charge in [-0.3, -0.25) is 4.79 Å². The Morgan fingerprint density at radius 3 is 2.36 bits per heavy atom. The Bertz CT molecular complexity index is 685. The highest BCUT2D eigenvalue weighted by Crippen LogP contribution is 2.18. The molecule has 2 aromatic rings. The number of halogens is 1. The molecule has 114 valence electrons. The molecule has 1 amide bonds. The molecule has 0 aliphatic rings. The van der Waals surface area contributed by atoms with E-state index in [1.807, 2.05) is 6.92 Å². The van der Waals surface area contributed by atoms with E-state index in [0.29, 0.717) is 13.0 Å². The summed E-state index contributed by atoms with van der Waals surface area (Å²) in [6.45, 7) is 2.19. The number of hydrogen-bond donors (Lipinski definition) is 1. The molecule has 0 spiro atoms. The van der Waals surface area contributed by atoms with Gasteiger partial charge in [-0.2, -0.15) is 0 Å². The van der Waals surface area contributed by atoms with Crippen LogP contribution in [0.4, 0.5) is 10.1 Å². The van der Waals surface area contributed by atoms with Crippen LogP contribution < -0.4 is 5.32 Å². The van der Waals surface area contributed by atoms with Crippen LogP contribution >= 0.6 is 0 Å². The Balaban J connectivity index is 2.21. The zero-order valence-corrected chi connectivity index (χ0v) is 12.1. The average molecular weight is 301 g/mol. The number of nitrogens with one attached hydrogen (secondary N) is 1. The monoisotopic (exact) mass is 301 g/mol. The van der Waals surface area contributed by atoms with Gasteiger partial charge in [-0.05, 0) is 30.7 Å². The second kappa shape index (κ2) is 7.36. The fourth-order valence-electron chi connectivity index (χ4n) is 1.88. The van der Waals surface area contributed by atoms with Crippen molar-refractivity contribution in [1.29, 1.82) is 0 Å². The minimum atomic E-state index is -0.619. The number of rotatable bonds is 5. The topological polar surface area (TPSA) is 55.4 Å². The van der Waals surface area contributed by atoms with Crippen LogP contribution in [-0.4, -0.2) is 18.5 Å². The Morgan fingerprint density at radius 2 is 1.68 bits per heavy atom. The number of para-hydroxylation sites is 1. The first-order chi connectivity index (χ1) is 10.6. The predicted octanol–water partition coefficient (Wildman–Crippen LogP) is 3.64. The van der Waals surface area contributed by atoms with E-state index in [4.69, 9.17) is 4.74 Å². The van der Waals surface area contributed by atoms with E-state index >= 15 is 0 Å². The lowest BCUT2D eigenvalue weighted by Gasteiger charge is -2.11. The van der Waals surface area contributed by atoms with Crippen LogP contribution in [0.3, 0.4) is 0 Å². The van der Waals surface area contributed by atoms with Crippen LogP contribution in [0.1, 0.15) is 34.1 Å². The van der Waals surface area contributed by atoms with Crippen LogP contribution in [-0.2, 0) is 4.74 Å². The fourth-order valence-corrected chi connectivity index (χ4v) is 1.88. The highest BCUT2D eigenvalue weighted by atomic mass is 19.1. The smallest absolute Gasteiger partial charge is 0.340 e. The van der Waals surface area contributed by atoms with Gasteiger partial charge >= 0.3 is 5.97 Å². The molecule has 1 N–H and O–H groups in total. The van der Waals surface area contributed by atoms with Gasteiger partial charge < -0.3 is 10.1 Å². The molecule has 0 unspecified atom stereocenters. The molecular weight excluding hydrogens is 285 g/mol. The summed E-state index contributed by atoms with van der Waals surface area (Å²) in [5.41, 5.74) is 0.441. The van der Waals surface area contributed by atoms with E-state index in [-0.39, 0.29) is 16.8 Å². The summed E-state index contributed by atoms with van der Waals surface area (Å²) in [7, 11) is 0. The Morgan fingerprint density at radius 1 is 1.05 bits per heavy atom. The van der Waals surface area contributed by atoms with Crippen molar-refractivity contribution in [2.24, 2.45) is 0 Å². The van der Waals surface area contributed by atoms with Gasteiger partial charge in [0.2, 0.25) is 0 Å². The molecule has 4 nitrogen and oxygen atoms in total. The number of benzene rings is 2. The van der Waals surface area contributed by atoms with Crippen molar-refractivity contribution in [1.82, 2.24) is 0 Å². The van der Waals surface area contributed by atoms with Gasteiger partial charge in [0.1, 0.15) is 5.82 Å². The lowest BCUT2D eigenvalue weighted by Crippen LogP contribution is -2.17. The third-order valence-corrected chi connectivity index (χ3v) is 2.95. The Labute approximate surface area is 127 Å². The third kappa shape index (κ3) is 3.69. The molecule has 0 heterocycles. The SMILES string of the molecule is CCCOC(=O)c1ccccc1NC(=O)c1ccccc1F. The van der Waals surface area contributed by atoms with Crippen molar-refractivity contribution in [3.8, 4) is 0 Å². The molecule has 0 aliphatic heterocycles. The fraction of sp³-hybridized carbons (Fsp3) is 0.176. The molecule has 0 saturated heterocycles. The minimum absolute atomic E-state index is 0.0840. The van der Waals surface area contributed by atoms with E-state index in [1.165, 1.54) is 18.2 Å². The first-order valence-electron chi connectivity index (χ1n) is 6.95. The number of anilines is 1. The van der Waals surface area contributed by atoms with Gasteiger partial charge in [0.15, 0.2) is 0 Å². The second-order valence-electron chi connectivity index (χ2n) is 4.62. The van der Waals surface area contributed by atoms with E-state index in [0.717, 1.165) is 0 Å². The molecule has 0 aliphatic carbocycles. The van der Waals surface area contributed by atoms with E-state index in [1.54, 1.807) is 30.3 Å². The summed E-state index contributed by atoms with van der Waals surface area (Å²) in [5, 5.41) is 2.55. The molecule has 0 aromatic heterocycles. The zero-order chi connectivity index (χ0) is 15.9. The van der Waals surface area contributed by atoms with Crippen LogP contribution in [0.2, 0.25) is 0 Å². The maximum absolute atomic E-state index is 13.6. The van der Waals surface area contributed by atoms with Gasteiger partial charge in [-0.15, -0.1) is 0 Å². The van der Waals surface area contributed by atoms with Crippen molar-refractivity contribution in [2.75, 3.05) is 11.9 Å². The molecule has 0 bridgehead atoms. The lowest BCUT2D eigenvalue weighted by atomic mass is 10.1. The van der Waals surface area contributed by atoms with Crippen molar-refractivity contribution < 1.29 is 18.7 Å². The highest BCUT2D eigenvalue weighted by Gasteiger charge is 2.16. The van der Waals surface area contributed by atoms with Crippen LogP contribution in [0, 0.1) is 5.82 Å². The summed E-state index contributed by atoms with van der Waals surface area (Å²) in [6, 6.07) is 12.1. The Kier molecular flexibility index (Phi) is 5.25. The maximum atomic E-state index is 13.6. The highest BCUT2D eigenvalue weighted by molar-refractivity contribution is 6.08. The van der Waals surface area contributed by atoms with Gasteiger partial charge in [0.25, 0.3) is 5.91 Å². The van der Waals surface area contributed by atoms with Crippen molar-refractivity contribution in [2.45, 2.75) is 13.3 Å². The number of amides is 1. The third-order valence-electron chi connectivity index (χ3n) is 2.95. The normalized spacial score (nSPS) is 10.1. The number of carbonyl (C=O) groups is 2. The Hall–Kier alpha value is -2.69. The summed E-state index contributed by atoms with van der Waals surface area (Å²) in [6.07, 6.45) is 0.704. The molecular formula is C17H16FNO3. The van der Waals surface area contributed by atoms with Gasteiger partial charge in [0.05, 0.1) is 23.4 Å². The standard InChI is InChI=1S/C17H16FNO3/c1-2-11-22-17(21)13-8-4-6-10-15(13)19-16(20)12-7-3-5-9-14(12)18/h3-10H,2,11H2,1H3,(H,19,20). The van der Waals surface area contributed by atoms with Crippen LogP contribution in [0.5, 0.6) is 0 Å². The molecule has 0 atom stereocenters. The summed E-state index contributed by atoms with van der Waals surface area (Å²) < 4.78 is 18.7.